The maximum absolute atomic E-state index is 4.33. The summed E-state index contributed by atoms with van der Waals surface area (Å²) < 4.78 is 1.15. The Morgan fingerprint density at radius 3 is 2.85 bits per heavy atom. The number of aryl methyl sites for hydroxylation is 1. The molecule has 100 valence electrons. The van der Waals surface area contributed by atoms with Crippen LogP contribution in [0, 0.1) is 6.92 Å². The van der Waals surface area contributed by atoms with Gasteiger partial charge in [-0.05, 0) is 48.4 Å². The number of fused-ring (bicyclic) bond motifs is 1. The highest BCUT2D eigenvalue weighted by atomic mass is 79.9. The van der Waals surface area contributed by atoms with Crippen LogP contribution in [0.4, 0.5) is 5.69 Å². The van der Waals surface area contributed by atoms with Gasteiger partial charge in [0, 0.05) is 28.3 Å². The predicted octanol–water partition coefficient (Wildman–Crippen LogP) is 4.92. The van der Waals surface area contributed by atoms with Crippen molar-refractivity contribution in [2.24, 2.45) is 0 Å². The number of hydrogen-bond acceptors (Lipinski definition) is 2. The van der Waals surface area contributed by atoms with Crippen LogP contribution < -0.4 is 5.32 Å². The molecule has 0 saturated heterocycles. The summed E-state index contributed by atoms with van der Waals surface area (Å²) in [5.41, 5.74) is 4.65. The average molecular weight is 327 g/mol. The molecule has 2 aromatic carbocycles. The lowest BCUT2D eigenvalue weighted by molar-refractivity contribution is 1.14. The zero-order chi connectivity index (χ0) is 13.9. The second-order valence-electron chi connectivity index (χ2n) is 4.85. The van der Waals surface area contributed by atoms with Gasteiger partial charge in [-0.15, -0.1) is 0 Å². The van der Waals surface area contributed by atoms with Gasteiger partial charge in [0.1, 0.15) is 0 Å². The molecule has 0 fully saturated rings. The molecule has 3 aromatic rings. The number of rotatable bonds is 3. The van der Waals surface area contributed by atoms with Crippen LogP contribution >= 0.6 is 15.9 Å². The van der Waals surface area contributed by atoms with Gasteiger partial charge in [-0.25, -0.2) is 0 Å². The van der Waals surface area contributed by atoms with Crippen molar-refractivity contribution < 1.29 is 0 Å². The summed E-state index contributed by atoms with van der Waals surface area (Å²) >= 11 is 3.57. The molecule has 0 aliphatic carbocycles. The van der Waals surface area contributed by atoms with E-state index in [2.05, 4.69) is 69.6 Å². The Kier molecular flexibility index (Phi) is 3.70. The number of halogens is 1. The molecule has 1 N–H and O–H groups in total. The van der Waals surface area contributed by atoms with Crippen molar-refractivity contribution >= 4 is 32.5 Å². The number of hydrogen-bond donors (Lipinski definition) is 1. The molecule has 0 radical (unpaired) electrons. The Morgan fingerprint density at radius 1 is 1.10 bits per heavy atom. The van der Waals surface area contributed by atoms with E-state index in [4.69, 9.17) is 0 Å². The van der Waals surface area contributed by atoms with Crippen molar-refractivity contribution in [1.82, 2.24) is 4.98 Å². The average Bonchev–Trinajstić information content (AvgIpc) is 2.48. The second kappa shape index (κ2) is 5.63. The first-order valence-corrected chi connectivity index (χ1v) is 7.35. The van der Waals surface area contributed by atoms with Crippen LogP contribution in [-0.4, -0.2) is 4.98 Å². The standard InChI is InChI=1S/C17H15BrN2/c1-12-4-5-13(9-16(12)18)11-20-15-6-7-17-14(10-15)3-2-8-19-17/h2-10,20H,11H2,1H3. The minimum atomic E-state index is 0.810. The van der Waals surface area contributed by atoms with Gasteiger partial charge in [0.2, 0.25) is 0 Å². The molecule has 0 amide bonds. The first kappa shape index (κ1) is 13.1. The lowest BCUT2D eigenvalue weighted by Gasteiger charge is -2.09. The first-order chi connectivity index (χ1) is 9.72. The minimum absolute atomic E-state index is 0.810. The lowest BCUT2D eigenvalue weighted by atomic mass is 10.1. The van der Waals surface area contributed by atoms with E-state index in [0.29, 0.717) is 0 Å². The molecule has 1 aromatic heterocycles. The van der Waals surface area contributed by atoms with Gasteiger partial charge in [-0.2, -0.15) is 0 Å². The van der Waals surface area contributed by atoms with Gasteiger partial charge in [0.05, 0.1) is 5.52 Å². The Balaban J connectivity index is 1.77. The highest BCUT2D eigenvalue weighted by Gasteiger charge is 1.99. The Labute approximate surface area is 127 Å². The monoisotopic (exact) mass is 326 g/mol. The van der Waals surface area contributed by atoms with E-state index in [0.717, 1.165) is 27.6 Å². The number of anilines is 1. The normalized spacial score (nSPS) is 10.7. The number of pyridine rings is 1. The molecule has 0 saturated carbocycles. The molecule has 0 bridgehead atoms. The molecule has 0 spiro atoms. The summed E-state index contributed by atoms with van der Waals surface area (Å²) in [6.45, 7) is 2.91. The van der Waals surface area contributed by atoms with Crippen LogP contribution in [-0.2, 0) is 6.54 Å². The van der Waals surface area contributed by atoms with Gasteiger partial charge >= 0.3 is 0 Å². The van der Waals surface area contributed by atoms with E-state index < -0.39 is 0 Å². The molecule has 3 rings (SSSR count). The number of nitrogens with zero attached hydrogens (tertiary/aromatic N) is 1. The van der Waals surface area contributed by atoms with Gasteiger partial charge in [-0.1, -0.05) is 34.1 Å². The Bertz CT molecular complexity index is 753. The maximum atomic E-state index is 4.33. The van der Waals surface area contributed by atoms with Crippen molar-refractivity contribution in [1.29, 1.82) is 0 Å². The molecule has 0 aliphatic rings. The van der Waals surface area contributed by atoms with Gasteiger partial charge in [0.15, 0.2) is 0 Å². The summed E-state index contributed by atoms with van der Waals surface area (Å²) in [5.74, 6) is 0. The smallest absolute Gasteiger partial charge is 0.0703 e. The van der Waals surface area contributed by atoms with E-state index >= 15 is 0 Å². The molecular weight excluding hydrogens is 312 g/mol. The Hall–Kier alpha value is -1.87. The third kappa shape index (κ3) is 2.83. The molecule has 3 heteroatoms. The van der Waals surface area contributed by atoms with E-state index in [9.17, 15) is 0 Å². The zero-order valence-electron chi connectivity index (χ0n) is 11.2. The number of aromatic nitrogens is 1. The quantitative estimate of drug-likeness (QED) is 0.739. The van der Waals surface area contributed by atoms with Gasteiger partial charge in [0.25, 0.3) is 0 Å². The van der Waals surface area contributed by atoms with Crippen LogP contribution in [0.1, 0.15) is 11.1 Å². The minimum Gasteiger partial charge on any atom is -0.381 e. The van der Waals surface area contributed by atoms with Crippen LogP contribution in [0.2, 0.25) is 0 Å². The first-order valence-electron chi connectivity index (χ1n) is 6.56. The summed E-state index contributed by atoms with van der Waals surface area (Å²) in [6.07, 6.45) is 1.82. The molecule has 1 heterocycles. The zero-order valence-corrected chi connectivity index (χ0v) is 12.8. The molecule has 0 atom stereocenters. The van der Waals surface area contributed by atoms with E-state index in [1.165, 1.54) is 11.1 Å². The number of nitrogens with one attached hydrogen (secondary N) is 1. The van der Waals surface area contributed by atoms with E-state index in [-0.39, 0.29) is 0 Å². The van der Waals surface area contributed by atoms with E-state index in [1.54, 1.807) is 0 Å². The SMILES string of the molecule is Cc1ccc(CNc2ccc3ncccc3c2)cc1Br. The third-order valence-corrected chi connectivity index (χ3v) is 4.19. The molecule has 2 nitrogen and oxygen atoms in total. The predicted molar refractivity (Wildman–Crippen MR) is 87.9 cm³/mol. The van der Waals surface area contributed by atoms with Crippen LogP contribution in [0.25, 0.3) is 10.9 Å². The molecule has 20 heavy (non-hydrogen) atoms. The third-order valence-electron chi connectivity index (χ3n) is 3.34. The van der Waals surface area contributed by atoms with Crippen LogP contribution in [0.5, 0.6) is 0 Å². The molecule has 0 unspecified atom stereocenters. The highest BCUT2D eigenvalue weighted by molar-refractivity contribution is 9.10. The van der Waals surface area contributed by atoms with Crippen molar-refractivity contribution in [3.63, 3.8) is 0 Å². The summed E-state index contributed by atoms with van der Waals surface area (Å²) in [7, 11) is 0. The summed E-state index contributed by atoms with van der Waals surface area (Å²) in [5, 5.41) is 4.61. The van der Waals surface area contributed by atoms with Gasteiger partial charge in [-0.3, -0.25) is 4.98 Å². The molecule has 0 aliphatic heterocycles. The fraction of sp³-hybridized carbons (Fsp3) is 0.118. The van der Waals surface area contributed by atoms with E-state index in [1.807, 2.05) is 18.3 Å². The van der Waals surface area contributed by atoms with Gasteiger partial charge < -0.3 is 5.32 Å². The van der Waals surface area contributed by atoms with Crippen LogP contribution in [0.15, 0.2) is 59.2 Å². The van der Waals surface area contributed by atoms with Crippen molar-refractivity contribution in [2.75, 3.05) is 5.32 Å². The van der Waals surface area contributed by atoms with Crippen LogP contribution in [0.3, 0.4) is 0 Å². The molecular formula is C17H15BrN2. The number of benzene rings is 2. The second-order valence-corrected chi connectivity index (χ2v) is 5.70. The van der Waals surface area contributed by atoms with Crippen molar-refractivity contribution in [3.05, 3.63) is 70.3 Å². The topological polar surface area (TPSA) is 24.9 Å². The maximum Gasteiger partial charge on any atom is 0.0703 e. The fourth-order valence-corrected chi connectivity index (χ4v) is 2.56. The largest absolute Gasteiger partial charge is 0.381 e. The summed E-state index contributed by atoms with van der Waals surface area (Å²) in [6, 6.07) is 16.7. The van der Waals surface area contributed by atoms with Crippen molar-refractivity contribution in [3.8, 4) is 0 Å². The van der Waals surface area contributed by atoms with Crippen molar-refractivity contribution in [2.45, 2.75) is 13.5 Å². The lowest BCUT2D eigenvalue weighted by Crippen LogP contribution is -1.99. The Morgan fingerprint density at radius 2 is 2.00 bits per heavy atom. The highest BCUT2D eigenvalue weighted by Crippen LogP contribution is 2.20. The summed E-state index contributed by atoms with van der Waals surface area (Å²) in [4.78, 5) is 4.33. The fourth-order valence-electron chi connectivity index (χ4n) is 2.14.